The summed E-state index contributed by atoms with van der Waals surface area (Å²) in [4.78, 5) is 0.149. The minimum atomic E-state index is -3.68. The molecule has 9 heteroatoms. The molecular formula is C11H19N3O4S2. The summed E-state index contributed by atoms with van der Waals surface area (Å²) in [7, 11) is -7.26. The minimum Gasteiger partial charge on any atom is -0.326 e. The van der Waals surface area contributed by atoms with Gasteiger partial charge in [0.2, 0.25) is 20.0 Å². The summed E-state index contributed by atoms with van der Waals surface area (Å²) in [5.41, 5.74) is 6.79. The molecule has 0 heterocycles. The van der Waals surface area contributed by atoms with E-state index in [1.165, 1.54) is 6.07 Å². The molecule has 114 valence electrons. The highest BCUT2D eigenvalue weighted by molar-refractivity contribution is 7.89. The Kier molecular flexibility index (Phi) is 5.66. The highest BCUT2D eigenvalue weighted by Crippen LogP contribution is 2.16. The molecule has 0 unspecified atom stereocenters. The molecule has 1 aromatic carbocycles. The van der Waals surface area contributed by atoms with Gasteiger partial charge in [-0.3, -0.25) is 0 Å². The first-order valence-corrected chi connectivity index (χ1v) is 9.15. The van der Waals surface area contributed by atoms with Gasteiger partial charge in [0.15, 0.2) is 0 Å². The molecule has 7 nitrogen and oxygen atoms in total. The molecule has 0 fully saturated rings. The molecule has 1 rings (SSSR count). The standard InChI is InChI=1S/C11H19N3O4S2/c1-9-3-4-10(8-12)7-11(9)20(17,18)14-5-2-6-19(13,15)16/h3-4,7,14H,2,5-6,8,12H2,1H3,(H2,13,15,16). The van der Waals surface area contributed by atoms with Crippen molar-refractivity contribution in [3.8, 4) is 0 Å². The molecule has 0 aliphatic carbocycles. The second-order valence-corrected chi connectivity index (χ2v) is 7.89. The summed E-state index contributed by atoms with van der Waals surface area (Å²) in [6.07, 6.45) is 0.119. The van der Waals surface area contributed by atoms with Gasteiger partial charge in [0, 0.05) is 13.1 Å². The molecular weight excluding hydrogens is 302 g/mol. The normalized spacial score (nSPS) is 12.6. The average molecular weight is 321 g/mol. The summed E-state index contributed by atoms with van der Waals surface area (Å²) in [5.74, 6) is -0.267. The Morgan fingerprint density at radius 3 is 2.40 bits per heavy atom. The molecule has 0 saturated carbocycles. The van der Waals surface area contributed by atoms with Gasteiger partial charge in [-0.25, -0.2) is 26.7 Å². The van der Waals surface area contributed by atoms with Gasteiger partial charge in [-0.1, -0.05) is 12.1 Å². The van der Waals surface area contributed by atoms with Crippen LogP contribution in [0.2, 0.25) is 0 Å². The SMILES string of the molecule is Cc1ccc(CN)cc1S(=O)(=O)NCCCS(N)(=O)=O. The average Bonchev–Trinajstić information content (AvgIpc) is 2.34. The summed E-state index contributed by atoms with van der Waals surface area (Å²) in [6, 6.07) is 4.95. The minimum absolute atomic E-state index is 0.00502. The van der Waals surface area contributed by atoms with Crippen molar-refractivity contribution in [3.63, 3.8) is 0 Å². The molecule has 20 heavy (non-hydrogen) atoms. The van der Waals surface area contributed by atoms with Crippen molar-refractivity contribution in [1.82, 2.24) is 4.72 Å². The fourth-order valence-electron chi connectivity index (χ4n) is 1.62. The van der Waals surface area contributed by atoms with Gasteiger partial charge in [-0.15, -0.1) is 0 Å². The van der Waals surface area contributed by atoms with E-state index in [0.29, 0.717) is 11.1 Å². The van der Waals surface area contributed by atoms with Crippen molar-refractivity contribution in [2.45, 2.75) is 24.8 Å². The molecule has 0 radical (unpaired) electrons. The van der Waals surface area contributed by atoms with Crippen LogP contribution in [-0.2, 0) is 26.6 Å². The van der Waals surface area contributed by atoms with E-state index in [1.807, 2.05) is 0 Å². The zero-order valence-corrected chi connectivity index (χ0v) is 12.8. The number of benzene rings is 1. The van der Waals surface area contributed by atoms with Crippen LogP contribution in [0.15, 0.2) is 23.1 Å². The summed E-state index contributed by atoms with van der Waals surface area (Å²) >= 11 is 0. The van der Waals surface area contributed by atoms with Crippen LogP contribution in [0.1, 0.15) is 17.5 Å². The van der Waals surface area contributed by atoms with Crippen LogP contribution in [0.25, 0.3) is 0 Å². The number of rotatable bonds is 7. The quantitative estimate of drug-likeness (QED) is 0.577. The van der Waals surface area contributed by atoms with Crippen molar-refractivity contribution in [1.29, 1.82) is 0 Å². The molecule has 0 saturated heterocycles. The third kappa shape index (κ3) is 5.17. The predicted molar refractivity (Wildman–Crippen MR) is 76.9 cm³/mol. The van der Waals surface area contributed by atoms with E-state index in [-0.39, 0.29) is 30.2 Å². The lowest BCUT2D eigenvalue weighted by atomic mass is 10.1. The van der Waals surface area contributed by atoms with Crippen LogP contribution in [0.5, 0.6) is 0 Å². The largest absolute Gasteiger partial charge is 0.326 e. The van der Waals surface area contributed by atoms with Gasteiger partial charge >= 0.3 is 0 Å². The Hall–Kier alpha value is -1.00. The van der Waals surface area contributed by atoms with Gasteiger partial charge in [0.05, 0.1) is 10.6 Å². The molecule has 0 aromatic heterocycles. The smallest absolute Gasteiger partial charge is 0.240 e. The fraction of sp³-hybridized carbons (Fsp3) is 0.455. The zero-order valence-electron chi connectivity index (χ0n) is 11.2. The summed E-state index contributed by atoms with van der Waals surface area (Å²) in [6.45, 7) is 1.93. The number of sulfonamides is 2. The molecule has 0 atom stereocenters. The Labute approximate surface area is 119 Å². The maximum Gasteiger partial charge on any atom is 0.240 e. The second-order valence-electron chi connectivity index (χ2n) is 4.42. The number of hydrogen-bond donors (Lipinski definition) is 3. The van der Waals surface area contributed by atoms with Gasteiger partial charge in [0.25, 0.3) is 0 Å². The number of aryl methyl sites for hydroxylation is 1. The molecule has 0 bridgehead atoms. The van der Waals surface area contributed by atoms with Gasteiger partial charge < -0.3 is 5.73 Å². The van der Waals surface area contributed by atoms with Gasteiger partial charge in [0.1, 0.15) is 0 Å². The second kappa shape index (κ2) is 6.64. The van der Waals surface area contributed by atoms with E-state index in [9.17, 15) is 16.8 Å². The maximum absolute atomic E-state index is 12.1. The Balaban J connectivity index is 2.79. The van der Waals surface area contributed by atoms with E-state index in [4.69, 9.17) is 10.9 Å². The first kappa shape index (κ1) is 17.1. The predicted octanol–water partition coefficient (Wildman–Crippen LogP) is -0.589. The maximum atomic E-state index is 12.1. The van der Waals surface area contributed by atoms with Crippen molar-refractivity contribution >= 4 is 20.0 Å². The van der Waals surface area contributed by atoms with E-state index in [0.717, 1.165) is 0 Å². The highest BCUT2D eigenvalue weighted by atomic mass is 32.2. The number of nitrogens with two attached hydrogens (primary N) is 2. The summed E-state index contributed by atoms with van der Waals surface area (Å²) < 4.78 is 48.1. The van der Waals surface area contributed by atoms with Crippen LogP contribution < -0.4 is 15.6 Å². The molecule has 0 aliphatic rings. The Morgan fingerprint density at radius 2 is 1.85 bits per heavy atom. The van der Waals surface area contributed by atoms with Gasteiger partial charge in [-0.05, 0) is 30.5 Å². The van der Waals surface area contributed by atoms with Crippen LogP contribution in [-0.4, -0.2) is 29.1 Å². The van der Waals surface area contributed by atoms with Crippen molar-refractivity contribution in [3.05, 3.63) is 29.3 Å². The number of hydrogen-bond acceptors (Lipinski definition) is 5. The topological polar surface area (TPSA) is 132 Å². The first-order valence-electron chi connectivity index (χ1n) is 5.95. The lowest BCUT2D eigenvalue weighted by Gasteiger charge is -2.10. The lowest BCUT2D eigenvalue weighted by Crippen LogP contribution is -2.28. The molecule has 0 amide bonds. The highest BCUT2D eigenvalue weighted by Gasteiger charge is 2.17. The number of primary sulfonamides is 1. The Morgan fingerprint density at radius 1 is 1.20 bits per heavy atom. The van der Waals surface area contributed by atoms with E-state index in [1.54, 1.807) is 19.1 Å². The van der Waals surface area contributed by atoms with E-state index < -0.39 is 20.0 Å². The van der Waals surface area contributed by atoms with Gasteiger partial charge in [-0.2, -0.15) is 0 Å². The van der Waals surface area contributed by atoms with E-state index >= 15 is 0 Å². The third-order valence-electron chi connectivity index (χ3n) is 2.68. The van der Waals surface area contributed by atoms with Crippen molar-refractivity contribution in [2.75, 3.05) is 12.3 Å². The van der Waals surface area contributed by atoms with Crippen LogP contribution in [0.3, 0.4) is 0 Å². The Bertz CT molecular complexity index is 669. The molecule has 0 spiro atoms. The molecule has 1 aromatic rings. The van der Waals surface area contributed by atoms with Crippen LogP contribution in [0, 0.1) is 6.92 Å². The first-order chi connectivity index (χ1) is 9.15. The number of nitrogens with one attached hydrogen (secondary N) is 1. The van der Waals surface area contributed by atoms with Crippen molar-refractivity contribution in [2.24, 2.45) is 10.9 Å². The molecule has 5 N–H and O–H groups in total. The third-order valence-corrected chi connectivity index (χ3v) is 5.14. The molecule has 0 aliphatic heterocycles. The monoisotopic (exact) mass is 321 g/mol. The zero-order chi connectivity index (χ0) is 15.4. The van der Waals surface area contributed by atoms with Crippen LogP contribution in [0.4, 0.5) is 0 Å². The fourth-order valence-corrected chi connectivity index (χ4v) is 3.53. The summed E-state index contributed by atoms with van der Waals surface area (Å²) in [5, 5.41) is 4.84. The lowest BCUT2D eigenvalue weighted by molar-refractivity contribution is 0.576. The van der Waals surface area contributed by atoms with Crippen LogP contribution >= 0.6 is 0 Å². The van der Waals surface area contributed by atoms with E-state index in [2.05, 4.69) is 4.72 Å². The van der Waals surface area contributed by atoms with Crippen molar-refractivity contribution < 1.29 is 16.8 Å².